The summed E-state index contributed by atoms with van der Waals surface area (Å²) < 4.78 is 0. The molecule has 1 saturated carbocycles. The van der Waals surface area contributed by atoms with Crippen LogP contribution in [0.3, 0.4) is 0 Å². The van der Waals surface area contributed by atoms with Crippen molar-refractivity contribution in [3.63, 3.8) is 0 Å². The van der Waals surface area contributed by atoms with Crippen LogP contribution in [-0.2, 0) is 0 Å². The van der Waals surface area contributed by atoms with E-state index in [1.54, 1.807) is 0 Å². The molecule has 2 rings (SSSR count). The summed E-state index contributed by atoms with van der Waals surface area (Å²) in [6.45, 7) is 4.31. The van der Waals surface area contributed by atoms with E-state index in [1.807, 2.05) is 18.4 Å². The van der Waals surface area contributed by atoms with Crippen LogP contribution in [0.5, 0.6) is 0 Å². The van der Waals surface area contributed by atoms with Crippen molar-refractivity contribution in [3.8, 4) is 0 Å². The van der Waals surface area contributed by atoms with Crippen molar-refractivity contribution in [1.29, 1.82) is 0 Å². The Bertz CT molecular complexity index is 369. The lowest BCUT2D eigenvalue weighted by atomic mass is 10.2. The average Bonchev–Trinajstić information content (AvgIpc) is 2.96. The summed E-state index contributed by atoms with van der Waals surface area (Å²) in [6.07, 6.45) is 5.40. The van der Waals surface area contributed by atoms with E-state index >= 15 is 0 Å². The molecule has 0 aliphatic heterocycles. The van der Waals surface area contributed by atoms with Gasteiger partial charge < -0.3 is 10.2 Å². The van der Waals surface area contributed by atoms with Gasteiger partial charge in [0, 0.05) is 24.0 Å². The van der Waals surface area contributed by atoms with E-state index in [-0.39, 0.29) is 0 Å². The Balaban J connectivity index is 2.15. The van der Waals surface area contributed by atoms with Gasteiger partial charge in [-0.1, -0.05) is 12.8 Å². The molecule has 1 unspecified atom stereocenters. The second-order valence-corrected chi connectivity index (χ2v) is 6.01. The lowest BCUT2D eigenvalue weighted by Gasteiger charge is -2.23. The number of nitrogens with zero attached hydrogens (tertiary/aromatic N) is 2. The minimum Gasteiger partial charge on any atom is -0.348 e. The molecular weight excluding hydrogens is 230 g/mol. The summed E-state index contributed by atoms with van der Waals surface area (Å²) in [7, 11) is 4.20. The number of anilines is 1. The third-order valence-electron chi connectivity index (χ3n) is 3.82. The van der Waals surface area contributed by atoms with Crippen LogP contribution in [0, 0.1) is 6.92 Å². The monoisotopic (exact) mass is 253 g/mol. The van der Waals surface area contributed by atoms with Crippen LogP contribution in [0.1, 0.15) is 49.2 Å². The zero-order valence-corrected chi connectivity index (χ0v) is 12.1. The summed E-state index contributed by atoms with van der Waals surface area (Å²) in [5.74, 6) is 0. The first-order chi connectivity index (χ1) is 8.13. The van der Waals surface area contributed by atoms with Crippen molar-refractivity contribution in [2.24, 2.45) is 0 Å². The predicted molar refractivity (Wildman–Crippen MR) is 75.0 cm³/mol. The molecule has 1 aromatic heterocycles. The van der Waals surface area contributed by atoms with Crippen LogP contribution in [0.4, 0.5) is 5.13 Å². The van der Waals surface area contributed by atoms with Gasteiger partial charge in [0.05, 0.1) is 5.69 Å². The fourth-order valence-electron chi connectivity index (χ4n) is 2.53. The molecule has 0 amide bonds. The number of hydrogen-bond donors (Lipinski definition) is 1. The number of nitrogens with one attached hydrogen (secondary N) is 1. The minimum atomic E-state index is 0.401. The van der Waals surface area contributed by atoms with Crippen LogP contribution in [0.25, 0.3) is 0 Å². The summed E-state index contributed by atoms with van der Waals surface area (Å²) in [5.41, 5.74) is 1.18. The molecule has 0 aromatic carbocycles. The van der Waals surface area contributed by atoms with E-state index in [1.165, 1.54) is 41.4 Å². The van der Waals surface area contributed by atoms with E-state index in [2.05, 4.69) is 31.1 Å². The molecule has 1 atom stereocenters. The Labute approximate surface area is 108 Å². The standard InChI is InChI=1S/C13H23N3S/c1-9(14-3)12-10(2)15-13(17-12)16(4)11-7-5-6-8-11/h9,11,14H,5-8H2,1-4H3. The van der Waals surface area contributed by atoms with E-state index < -0.39 is 0 Å². The molecule has 3 nitrogen and oxygen atoms in total. The van der Waals surface area contributed by atoms with Gasteiger partial charge in [0.15, 0.2) is 5.13 Å². The Morgan fingerprint density at radius 2 is 2.06 bits per heavy atom. The first kappa shape index (κ1) is 12.8. The summed E-state index contributed by atoms with van der Waals surface area (Å²) in [5, 5.41) is 4.48. The van der Waals surface area contributed by atoms with Gasteiger partial charge in [0.2, 0.25) is 0 Å². The summed E-state index contributed by atoms with van der Waals surface area (Å²) in [6, 6.07) is 1.11. The second-order valence-electron chi connectivity index (χ2n) is 5.01. The van der Waals surface area contributed by atoms with Gasteiger partial charge in [-0.3, -0.25) is 0 Å². The normalized spacial score (nSPS) is 18.6. The van der Waals surface area contributed by atoms with Crippen molar-refractivity contribution in [1.82, 2.24) is 10.3 Å². The highest BCUT2D eigenvalue weighted by Crippen LogP contribution is 2.33. The van der Waals surface area contributed by atoms with Gasteiger partial charge in [-0.25, -0.2) is 4.98 Å². The molecule has 96 valence electrons. The van der Waals surface area contributed by atoms with Gasteiger partial charge in [-0.2, -0.15) is 0 Å². The SMILES string of the molecule is CNC(C)c1sc(N(C)C2CCCC2)nc1C. The maximum Gasteiger partial charge on any atom is 0.185 e. The molecule has 0 saturated heterocycles. The molecule has 1 aliphatic carbocycles. The number of aromatic nitrogens is 1. The predicted octanol–water partition coefficient (Wildman–Crippen LogP) is 3.11. The molecular formula is C13H23N3S. The third-order valence-corrected chi connectivity index (χ3v) is 5.25. The molecule has 1 N–H and O–H groups in total. The van der Waals surface area contributed by atoms with Gasteiger partial charge >= 0.3 is 0 Å². The Kier molecular flexibility index (Phi) is 4.05. The molecule has 1 aliphatic rings. The zero-order chi connectivity index (χ0) is 12.4. The number of aryl methyl sites for hydroxylation is 1. The van der Waals surface area contributed by atoms with Crippen molar-refractivity contribution >= 4 is 16.5 Å². The van der Waals surface area contributed by atoms with Crippen molar-refractivity contribution in [2.75, 3.05) is 19.0 Å². The fourth-order valence-corrected chi connectivity index (χ4v) is 3.69. The first-order valence-electron chi connectivity index (χ1n) is 6.51. The van der Waals surface area contributed by atoms with Crippen LogP contribution in [0.2, 0.25) is 0 Å². The number of hydrogen-bond acceptors (Lipinski definition) is 4. The third kappa shape index (κ3) is 2.63. The largest absolute Gasteiger partial charge is 0.348 e. The number of thiazole rings is 1. The smallest absolute Gasteiger partial charge is 0.185 e. The van der Waals surface area contributed by atoms with Crippen LogP contribution < -0.4 is 10.2 Å². The maximum absolute atomic E-state index is 4.73. The van der Waals surface area contributed by atoms with Crippen molar-refractivity contribution in [2.45, 2.75) is 51.6 Å². The minimum absolute atomic E-state index is 0.401. The highest BCUT2D eigenvalue weighted by molar-refractivity contribution is 7.15. The molecule has 4 heteroatoms. The lowest BCUT2D eigenvalue weighted by molar-refractivity contribution is 0.650. The molecule has 1 aromatic rings. The van der Waals surface area contributed by atoms with Gasteiger partial charge in [-0.05, 0) is 33.7 Å². The average molecular weight is 253 g/mol. The lowest BCUT2D eigenvalue weighted by Crippen LogP contribution is -2.28. The van der Waals surface area contributed by atoms with Crippen LogP contribution in [0.15, 0.2) is 0 Å². The van der Waals surface area contributed by atoms with E-state index in [0.717, 1.165) is 0 Å². The fraction of sp³-hybridized carbons (Fsp3) is 0.769. The van der Waals surface area contributed by atoms with Gasteiger partial charge in [0.1, 0.15) is 0 Å². The molecule has 0 spiro atoms. The van der Waals surface area contributed by atoms with Crippen molar-refractivity contribution in [3.05, 3.63) is 10.6 Å². The quantitative estimate of drug-likeness (QED) is 0.893. The second kappa shape index (κ2) is 5.36. The number of rotatable bonds is 4. The highest BCUT2D eigenvalue weighted by Gasteiger charge is 2.23. The Morgan fingerprint density at radius 3 is 2.65 bits per heavy atom. The first-order valence-corrected chi connectivity index (χ1v) is 7.32. The molecule has 1 heterocycles. The molecule has 0 radical (unpaired) electrons. The summed E-state index contributed by atoms with van der Waals surface area (Å²) in [4.78, 5) is 8.48. The maximum atomic E-state index is 4.73. The van der Waals surface area contributed by atoms with Crippen LogP contribution >= 0.6 is 11.3 Å². The highest BCUT2D eigenvalue weighted by atomic mass is 32.1. The zero-order valence-electron chi connectivity index (χ0n) is 11.3. The Morgan fingerprint density at radius 1 is 1.41 bits per heavy atom. The van der Waals surface area contributed by atoms with E-state index in [4.69, 9.17) is 4.98 Å². The summed E-state index contributed by atoms with van der Waals surface area (Å²) >= 11 is 1.84. The molecule has 1 fully saturated rings. The van der Waals surface area contributed by atoms with Crippen LogP contribution in [-0.4, -0.2) is 25.1 Å². The van der Waals surface area contributed by atoms with E-state index in [9.17, 15) is 0 Å². The van der Waals surface area contributed by atoms with Gasteiger partial charge in [0.25, 0.3) is 0 Å². The molecule has 0 bridgehead atoms. The Hall–Kier alpha value is -0.610. The van der Waals surface area contributed by atoms with Crippen molar-refractivity contribution < 1.29 is 0 Å². The van der Waals surface area contributed by atoms with E-state index in [0.29, 0.717) is 12.1 Å². The van der Waals surface area contributed by atoms with Gasteiger partial charge in [-0.15, -0.1) is 11.3 Å². The topological polar surface area (TPSA) is 28.2 Å². The molecule has 17 heavy (non-hydrogen) atoms.